The van der Waals surface area contributed by atoms with E-state index in [-0.39, 0.29) is 12.2 Å². The van der Waals surface area contributed by atoms with Crippen LogP contribution in [-0.2, 0) is 14.6 Å². The lowest BCUT2D eigenvalue weighted by atomic mass is 10.0. The predicted octanol–water partition coefficient (Wildman–Crippen LogP) is 3.36. The molecule has 0 aliphatic carbocycles. The summed E-state index contributed by atoms with van der Waals surface area (Å²) in [4.78, 5) is 0.371. The van der Waals surface area contributed by atoms with Crippen LogP contribution in [0.15, 0.2) is 46.9 Å². The molecule has 0 fully saturated rings. The van der Waals surface area contributed by atoms with Gasteiger partial charge in [0.15, 0.2) is 9.84 Å². The van der Waals surface area contributed by atoms with E-state index in [1.807, 2.05) is 13.0 Å². The van der Waals surface area contributed by atoms with Gasteiger partial charge in [-0.25, -0.2) is 8.42 Å². The maximum absolute atomic E-state index is 12.6. The molecule has 2 rings (SSSR count). The van der Waals surface area contributed by atoms with Crippen molar-refractivity contribution in [2.45, 2.75) is 56.0 Å². The molecule has 0 spiro atoms. The van der Waals surface area contributed by atoms with Gasteiger partial charge in [0, 0.05) is 0 Å². The number of ether oxygens (including phenoxy) is 1. The van der Waals surface area contributed by atoms with E-state index in [1.165, 1.54) is 5.57 Å². The molecule has 0 aromatic heterocycles. The van der Waals surface area contributed by atoms with Crippen LogP contribution in [0.5, 0.6) is 0 Å². The SMILES string of the molecule is CC[C@H]1O[C@@H]([C@@H](C)S(=O)(=O)c2ccccc2)CC=C1C. The van der Waals surface area contributed by atoms with Gasteiger partial charge in [0.1, 0.15) is 0 Å². The second-order valence-corrected chi connectivity index (χ2v) is 7.62. The van der Waals surface area contributed by atoms with Crippen LogP contribution in [-0.4, -0.2) is 25.9 Å². The van der Waals surface area contributed by atoms with E-state index in [2.05, 4.69) is 13.0 Å². The molecule has 0 bridgehead atoms. The Labute approximate surface area is 121 Å². The van der Waals surface area contributed by atoms with Crippen molar-refractivity contribution in [3.05, 3.63) is 42.0 Å². The van der Waals surface area contributed by atoms with Crippen LogP contribution >= 0.6 is 0 Å². The zero-order valence-corrected chi connectivity index (χ0v) is 13.1. The minimum absolute atomic E-state index is 0.0437. The Balaban J connectivity index is 2.22. The highest BCUT2D eigenvalue weighted by Gasteiger charge is 2.34. The third-order valence-electron chi connectivity index (χ3n) is 3.97. The van der Waals surface area contributed by atoms with Crippen LogP contribution in [0.1, 0.15) is 33.6 Å². The molecule has 4 heteroatoms. The van der Waals surface area contributed by atoms with Crippen molar-refractivity contribution in [3.8, 4) is 0 Å². The molecule has 0 N–H and O–H groups in total. The Morgan fingerprint density at radius 2 is 1.95 bits per heavy atom. The van der Waals surface area contributed by atoms with Crippen LogP contribution in [0.3, 0.4) is 0 Å². The van der Waals surface area contributed by atoms with E-state index < -0.39 is 15.1 Å². The summed E-state index contributed by atoms with van der Waals surface area (Å²) in [5.41, 5.74) is 1.20. The summed E-state index contributed by atoms with van der Waals surface area (Å²) < 4.78 is 31.2. The topological polar surface area (TPSA) is 43.4 Å². The first-order valence-corrected chi connectivity index (χ1v) is 8.62. The third-order valence-corrected chi connectivity index (χ3v) is 6.19. The van der Waals surface area contributed by atoms with Crippen molar-refractivity contribution in [2.24, 2.45) is 0 Å². The Hall–Kier alpha value is -1.13. The first kappa shape index (κ1) is 15.3. The van der Waals surface area contributed by atoms with Gasteiger partial charge in [0.2, 0.25) is 0 Å². The van der Waals surface area contributed by atoms with Gasteiger partial charge in [-0.15, -0.1) is 0 Å². The molecule has 1 aromatic rings. The van der Waals surface area contributed by atoms with Crippen molar-refractivity contribution in [1.29, 1.82) is 0 Å². The van der Waals surface area contributed by atoms with Crippen LogP contribution < -0.4 is 0 Å². The standard InChI is InChI=1S/C16H22O3S/c1-4-15-12(2)10-11-16(19-15)13(3)20(17,18)14-8-6-5-7-9-14/h5-10,13,15-16H,4,11H2,1-3H3/t13-,15-,16-/m1/s1. The minimum atomic E-state index is -3.34. The molecule has 0 unspecified atom stereocenters. The molecule has 3 atom stereocenters. The summed E-state index contributed by atoms with van der Waals surface area (Å²) in [7, 11) is -3.34. The molecule has 1 heterocycles. The summed E-state index contributed by atoms with van der Waals surface area (Å²) in [5, 5.41) is -0.539. The van der Waals surface area contributed by atoms with E-state index in [0.717, 1.165) is 6.42 Å². The number of hydrogen-bond donors (Lipinski definition) is 0. The molecule has 3 nitrogen and oxygen atoms in total. The monoisotopic (exact) mass is 294 g/mol. The van der Waals surface area contributed by atoms with E-state index in [4.69, 9.17) is 4.74 Å². The van der Waals surface area contributed by atoms with E-state index in [9.17, 15) is 8.42 Å². The lowest BCUT2D eigenvalue weighted by molar-refractivity contribution is -0.00225. The molecule has 1 aliphatic rings. The van der Waals surface area contributed by atoms with E-state index in [1.54, 1.807) is 31.2 Å². The van der Waals surface area contributed by atoms with E-state index >= 15 is 0 Å². The number of rotatable bonds is 4. The normalized spacial score (nSPS) is 25.1. The van der Waals surface area contributed by atoms with Gasteiger partial charge in [-0.1, -0.05) is 31.2 Å². The fourth-order valence-electron chi connectivity index (χ4n) is 2.55. The summed E-state index contributed by atoms with van der Waals surface area (Å²) in [6, 6.07) is 8.61. The van der Waals surface area contributed by atoms with E-state index in [0.29, 0.717) is 11.3 Å². The Morgan fingerprint density at radius 3 is 2.55 bits per heavy atom. The molecular formula is C16H22O3S. The van der Waals surface area contributed by atoms with Crippen LogP contribution in [0, 0.1) is 0 Å². The molecule has 20 heavy (non-hydrogen) atoms. The summed E-state index contributed by atoms with van der Waals surface area (Å²) in [5.74, 6) is 0. The van der Waals surface area contributed by atoms with Crippen molar-refractivity contribution >= 4 is 9.84 Å². The molecule has 1 aromatic carbocycles. The average Bonchev–Trinajstić information content (AvgIpc) is 2.48. The van der Waals surface area contributed by atoms with Crippen LogP contribution in [0.4, 0.5) is 0 Å². The lowest BCUT2D eigenvalue weighted by Crippen LogP contribution is -2.38. The van der Waals surface area contributed by atoms with Crippen molar-refractivity contribution in [2.75, 3.05) is 0 Å². The van der Waals surface area contributed by atoms with Crippen molar-refractivity contribution in [3.63, 3.8) is 0 Å². The van der Waals surface area contributed by atoms with Gasteiger partial charge < -0.3 is 4.74 Å². The quantitative estimate of drug-likeness (QED) is 0.800. The van der Waals surface area contributed by atoms with Crippen LogP contribution in [0.2, 0.25) is 0 Å². The second-order valence-electron chi connectivity index (χ2n) is 5.32. The first-order chi connectivity index (χ1) is 9.46. The molecule has 0 saturated carbocycles. The van der Waals surface area contributed by atoms with Crippen LogP contribution in [0.25, 0.3) is 0 Å². The Kier molecular flexibility index (Phi) is 4.66. The summed E-state index contributed by atoms with van der Waals surface area (Å²) >= 11 is 0. The zero-order valence-electron chi connectivity index (χ0n) is 12.2. The minimum Gasteiger partial charge on any atom is -0.369 e. The van der Waals surface area contributed by atoms with Gasteiger partial charge >= 0.3 is 0 Å². The third kappa shape index (κ3) is 2.96. The highest BCUT2D eigenvalue weighted by atomic mass is 32.2. The smallest absolute Gasteiger partial charge is 0.183 e. The zero-order chi connectivity index (χ0) is 14.8. The Morgan fingerprint density at radius 1 is 1.30 bits per heavy atom. The van der Waals surface area contributed by atoms with Gasteiger partial charge in [0.05, 0.1) is 22.4 Å². The molecule has 0 amide bonds. The van der Waals surface area contributed by atoms with Gasteiger partial charge in [-0.2, -0.15) is 0 Å². The predicted molar refractivity (Wildman–Crippen MR) is 80.4 cm³/mol. The van der Waals surface area contributed by atoms with Gasteiger partial charge in [-0.05, 0) is 44.4 Å². The molecular weight excluding hydrogens is 272 g/mol. The highest BCUT2D eigenvalue weighted by Crippen LogP contribution is 2.28. The highest BCUT2D eigenvalue weighted by molar-refractivity contribution is 7.92. The maximum Gasteiger partial charge on any atom is 0.183 e. The summed E-state index contributed by atoms with van der Waals surface area (Å²) in [6.07, 6.45) is 3.42. The fraction of sp³-hybridized carbons (Fsp3) is 0.500. The largest absolute Gasteiger partial charge is 0.369 e. The fourth-order valence-corrected chi connectivity index (χ4v) is 4.09. The lowest BCUT2D eigenvalue weighted by Gasteiger charge is -2.32. The maximum atomic E-state index is 12.6. The molecule has 0 radical (unpaired) electrons. The number of hydrogen-bond acceptors (Lipinski definition) is 3. The molecule has 110 valence electrons. The average molecular weight is 294 g/mol. The number of sulfone groups is 1. The molecule has 0 saturated heterocycles. The first-order valence-electron chi connectivity index (χ1n) is 7.08. The van der Waals surface area contributed by atoms with Gasteiger partial charge in [-0.3, -0.25) is 0 Å². The number of benzene rings is 1. The van der Waals surface area contributed by atoms with Crippen molar-refractivity contribution in [1.82, 2.24) is 0 Å². The van der Waals surface area contributed by atoms with Gasteiger partial charge in [0.25, 0.3) is 0 Å². The molecule has 1 aliphatic heterocycles. The Bertz CT molecular complexity index is 575. The second kappa shape index (κ2) is 6.10. The van der Waals surface area contributed by atoms with Crippen molar-refractivity contribution < 1.29 is 13.2 Å². The summed E-state index contributed by atoms with van der Waals surface area (Å²) in [6.45, 7) is 5.84.